The lowest BCUT2D eigenvalue weighted by molar-refractivity contribution is -0.116. The van der Waals surface area contributed by atoms with Crippen LogP contribution in [0.15, 0.2) is 53.3 Å². The Hall–Kier alpha value is -2.73. The molecular weight excluding hydrogens is 370 g/mol. The fraction of sp³-hybridized carbons (Fsp3) is 0.318. The Morgan fingerprint density at radius 2 is 1.82 bits per heavy atom. The van der Waals surface area contributed by atoms with Gasteiger partial charge in [-0.1, -0.05) is 43.7 Å². The highest BCUT2D eigenvalue weighted by Crippen LogP contribution is 2.16. The van der Waals surface area contributed by atoms with Crippen LogP contribution in [0, 0.1) is 4.77 Å². The molecule has 5 nitrogen and oxygen atoms in total. The maximum Gasteiger partial charge on any atom is 0.262 e. The quantitative estimate of drug-likeness (QED) is 0.424. The first kappa shape index (κ1) is 20.0. The van der Waals surface area contributed by atoms with Gasteiger partial charge < -0.3 is 10.3 Å². The number of nitrogens with zero attached hydrogens (tertiary/aromatic N) is 1. The predicted molar refractivity (Wildman–Crippen MR) is 116 cm³/mol. The maximum atomic E-state index is 12.6. The summed E-state index contributed by atoms with van der Waals surface area (Å²) in [5.41, 5.74) is 2.73. The van der Waals surface area contributed by atoms with Gasteiger partial charge in [-0.05, 0) is 55.2 Å². The Morgan fingerprint density at radius 1 is 1.07 bits per heavy atom. The fourth-order valence-electron chi connectivity index (χ4n) is 3.30. The van der Waals surface area contributed by atoms with E-state index in [9.17, 15) is 9.59 Å². The van der Waals surface area contributed by atoms with E-state index < -0.39 is 0 Å². The normalized spacial score (nSPS) is 10.9. The Labute approximate surface area is 169 Å². The standard InChI is InChI=1S/C22H25N3O2S/c1-2-16-10-5-7-12-18(16)23-20(26)14-4-3-9-15-25-21(27)17-11-6-8-13-19(17)24-22(25)28/h5-8,10-13H,2-4,9,14-15H2,1H3,(H,23,26)(H,24,28). The molecule has 0 spiro atoms. The van der Waals surface area contributed by atoms with Crippen LogP contribution < -0.4 is 10.9 Å². The first-order valence-corrected chi connectivity index (χ1v) is 10.1. The molecule has 0 aliphatic carbocycles. The van der Waals surface area contributed by atoms with Gasteiger partial charge in [0.1, 0.15) is 0 Å². The number of anilines is 1. The van der Waals surface area contributed by atoms with E-state index in [4.69, 9.17) is 12.2 Å². The smallest absolute Gasteiger partial charge is 0.262 e. The molecule has 0 aliphatic rings. The molecule has 28 heavy (non-hydrogen) atoms. The summed E-state index contributed by atoms with van der Waals surface area (Å²) in [6.07, 6.45) is 3.79. The maximum absolute atomic E-state index is 12.6. The number of rotatable bonds is 8. The first-order valence-electron chi connectivity index (χ1n) is 9.69. The first-order chi connectivity index (χ1) is 13.6. The third-order valence-corrected chi connectivity index (χ3v) is 5.17. The predicted octanol–water partition coefficient (Wildman–Crippen LogP) is 4.82. The number of fused-ring (bicyclic) bond motifs is 1. The van der Waals surface area contributed by atoms with E-state index in [1.807, 2.05) is 42.5 Å². The molecule has 2 N–H and O–H groups in total. The number of carbonyl (C=O) groups excluding carboxylic acids is 1. The molecule has 2 aromatic carbocycles. The minimum absolute atomic E-state index is 0.0288. The van der Waals surface area contributed by atoms with E-state index >= 15 is 0 Å². The Kier molecular flexibility index (Phi) is 6.76. The number of aromatic nitrogens is 2. The van der Waals surface area contributed by atoms with Crippen LogP contribution in [0.1, 0.15) is 38.2 Å². The highest BCUT2D eigenvalue weighted by molar-refractivity contribution is 7.71. The van der Waals surface area contributed by atoms with E-state index in [0.717, 1.165) is 42.5 Å². The molecule has 1 heterocycles. The van der Waals surface area contributed by atoms with E-state index in [1.165, 1.54) is 0 Å². The zero-order chi connectivity index (χ0) is 19.9. The van der Waals surface area contributed by atoms with E-state index in [2.05, 4.69) is 17.2 Å². The summed E-state index contributed by atoms with van der Waals surface area (Å²) in [6.45, 7) is 2.63. The van der Waals surface area contributed by atoms with Crippen molar-refractivity contribution in [3.63, 3.8) is 0 Å². The number of H-pyrrole nitrogens is 1. The van der Waals surface area contributed by atoms with Crippen LogP contribution in [-0.4, -0.2) is 15.5 Å². The number of carbonyl (C=O) groups is 1. The molecule has 0 fully saturated rings. The van der Waals surface area contributed by atoms with Gasteiger partial charge in [0, 0.05) is 18.7 Å². The van der Waals surface area contributed by atoms with Crippen molar-refractivity contribution in [2.24, 2.45) is 0 Å². The van der Waals surface area contributed by atoms with Gasteiger partial charge in [0.05, 0.1) is 10.9 Å². The molecule has 3 rings (SSSR count). The molecule has 6 heteroatoms. The van der Waals surface area contributed by atoms with Crippen LogP contribution in [0.5, 0.6) is 0 Å². The summed E-state index contributed by atoms with van der Waals surface area (Å²) in [6, 6.07) is 15.3. The molecule has 0 saturated heterocycles. The minimum atomic E-state index is -0.0618. The number of aromatic amines is 1. The number of benzene rings is 2. The minimum Gasteiger partial charge on any atom is -0.332 e. The third kappa shape index (κ3) is 4.75. The zero-order valence-corrected chi connectivity index (χ0v) is 16.8. The highest BCUT2D eigenvalue weighted by atomic mass is 32.1. The van der Waals surface area contributed by atoms with Gasteiger partial charge in [-0.15, -0.1) is 0 Å². The van der Waals surface area contributed by atoms with Gasteiger partial charge in [-0.25, -0.2) is 0 Å². The number of nitrogens with one attached hydrogen (secondary N) is 2. The van der Waals surface area contributed by atoms with E-state index in [-0.39, 0.29) is 11.5 Å². The molecule has 0 unspecified atom stereocenters. The molecule has 0 aliphatic heterocycles. The van der Waals surface area contributed by atoms with Crippen molar-refractivity contribution in [2.45, 2.75) is 45.6 Å². The van der Waals surface area contributed by atoms with Gasteiger partial charge in [0.2, 0.25) is 5.91 Å². The van der Waals surface area contributed by atoms with Crippen molar-refractivity contribution in [3.8, 4) is 0 Å². The molecule has 0 saturated carbocycles. The molecule has 0 bridgehead atoms. The Bertz CT molecular complexity index is 1080. The van der Waals surface area contributed by atoms with Crippen molar-refractivity contribution in [1.82, 2.24) is 9.55 Å². The van der Waals surface area contributed by atoms with E-state index in [0.29, 0.717) is 23.1 Å². The van der Waals surface area contributed by atoms with Crippen molar-refractivity contribution in [3.05, 3.63) is 69.2 Å². The molecule has 0 radical (unpaired) electrons. The largest absolute Gasteiger partial charge is 0.332 e. The SMILES string of the molecule is CCc1ccccc1NC(=O)CCCCCn1c(=S)[nH]c2ccccc2c1=O. The fourth-order valence-corrected chi connectivity index (χ4v) is 3.58. The van der Waals surface area contributed by atoms with Gasteiger partial charge in [0.15, 0.2) is 4.77 Å². The average molecular weight is 396 g/mol. The Morgan fingerprint density at radius 3 is 2.64 bits per heavy atom. The molecular formula is C22H25N3O2S. The van der Waals surface area contributed by atoms with Crippen LogP contribution >= 0.6 is 12.2 Å². The average Bonchev–Trinajstić information content (AvgIpc) is 2.70. The Balaban J connectivity index is 1.50. The van der Waals surface area contributed by atoms with Gasteiger partial charge in [-0.2, -0.15) is 0 Å². The second kappa shape index (κ2) is 9.46. The molecule has 3 aromatic rings. The van der Waals surface area contributed by atoms with Crippen molar-refractivity contribution in [2.75, 3.05) is 5.32 Å². The summed E-state index contributed by atoms with van der Waals surface area (Å²) in [7, 11) is 0. The lowest BCUT2D eigenvalue weighted by Gasteiger charge is -2.10. The monoisotopic (exact) mass is 395 g/mol. The second-order valence-corrected chi connectivity index (χ2v) is 7.19. The van der Waals surface area contributed by atoms with Crippen molar-refractivity contribution >= 4 is 34.7 Å². The second-order valence-electron chi connectivity index (χ2n) is 6.80. The van der Waals surface area contributed by atoms with Gasteiger partial charge in [0.25, 0.3) is 5.56 Å². The van der Waals surface area contributed by atoms with Crippen molar-refractivity contribution < 1.29 is 4.79 Å². The molecule has 0 atom stereocenters. The third-order valence-electron chi connectivity index (χ3n) is 4.85. The van der Waals surface area contributed by atoms with Gasteiger partial charge in [-0.3, -0.25) is 14.2 Å². The van der Waals surface area contributed by atoms with Crippen LogP contribution in [0.25, 0.3) is 10.9 Å². The lowest BCUT2D eigenvalue weighted by Crippen LogP contribution is -2.22. The highest BCUT2D eigenvalue weighted by Gasteiger charge is 2.07. The van der Waals surface area contributed by atoms with Crippen LogP contribution in [0.2, 0.25) is 0 Å². The van der Waals surface area contributed by atoms with Crippen LogP contribution in [-0.2, 0) is 17.8 Å². The summed E-state index contributed by atoms with van der Waals surface area (Å²) in [5.74, 6) is 0.0288. The number of hydrogen-bond acceptors (Lipinski definition) is 3. The number of hydrogen-bond donors (Lipinski definition) is 2. The summed E-state index contributed by atoms with van der Waals surface area (Å²) < 4.78 is 2.05. The lowest BCUT2D eigenvalue weighted by atomic mass is 10.1. The summed E-state index contributed by atoms with van der Waals surface area (Å²) >= 11 is 5.33. The summed E-state index contributed by atoms with van der Waals surface area (Å²) in [5, 5.41) is 3.64. The molecule has 1 aromatic heterocycles. The number of amides is 1. The van der Waals surface area contributed by atoms with Crippen LogP contribution in [0.3, 0.4) is 0 Å². The molecule has 1 amide bonds. The molecule has 146 valence electrons. The van der Waals surface area contributed by atoms with E-state index in [1.54, 1.807) is 10.6 Å². The topological polar surface area (TPSA) is 66.9 Å². The van der Waals surface area contributed by atoms with Crippen molar-refractivity contribution in [1.29, 1.82) is 0 Å². The summed E-state index contributed by atoms with van der Waals surface area (Å²) in [4.78, 5) is 27.9. The number of aryl methyl sites for hydroxylation is 1. The van der Waals surface area contributed by atoms with Gasteiger partial charge >= 0.3 is 0 Å². The number of unbranched alkanes of at least 4 members (excludes halogenated alkanes) is 2. The number of para-hydroxylation sites is 2. The zero-order valence-electron chi connectivity index (χ0n) is 16.0. The van der Waals surface area contributed by atoms with Crippen LogP contribution in [0.4, 0.5) is 5.69 Å².